The van der Waals surface area contributed by atoms with Crippen molar-refractivity contribution in [3.8, 4) is 0 Å². The van der Waals surface area contributed by atoms with Crippen LogP contribution in [-0.2, 0) is 4.79 Å². The molecule has 190 valence electrons. The van der Waals surface area contributed by atoms with E-state index in [1.54, 1.807) is 0 Å². The van der Waals surface area contributed by atoms with Crippen molar-refractivity contribution in [2.24, 2.45) is 5.41 Å². The molecule has 0 unspecified atom stereocenters. The number of carbonyl (C=O) groups excluding carboxylic acids is 2. The van der Waals surface area contributed by atoms with Gasteiger partial charge < -0.3 is 10.2 Å². The highest BCUT2D eigenvalue weighted by Crippen LogP contribution is 2.48. The van der Waals surface area contributed by atoms with Crippen LogP contribution < -0.4 is 15.1 Å². The number of nitrogens with one attached hydrogen (secondary N) is 1. The van der Waals surface area contributed by atoms with Crippen molar-refractivity contribution >= 4 is 28.8 Å². The molecule has 2 aliphatic rings. The van der Waals surface area contributed by atoms with E-state index in [9.17, 15) is 9.59 Å². The molecule has 1 N–H and O–H groups in total. The van der Waals surface area contributed by atoms with Crippen LogP contribution in [0.2, 0.25) is 0 Å². The Labute approximate surface area is 219 Å². The molecule has 3 aromatic rings. The average Bonchev–Trinajstić information content (AvgIpc) is 3.03. The number of nitrogens with zero attached hydrogens (tertiary/aromatic N) is 2. The lowest BCUT2D eigenvalue weighted by Crippen LogP contribution is -2.39. The summed E-state index contributed by atoms with van der Waals surface area (Å²) in [6.07, 6.45) is 1.19. The number of fused-ring (bicyclic) bond motifs is 1. The Kier molecular flexibility index (Phi) is 6.63. The lowest BCUT2D eigenvalue weighted by atomic mass is 9.73. The van der Waals surface area contributed by atoms with Gasteiger partial charge >= 0.3 is 0 Å². The van der Waals surface area contributed by atoms with Crippen molar-refractivity contribution in [1.29, 1.82) is 0 Å². The molecule has 1 heterocycles. The molecule has 0 bridgehead atoms. The molecular weight excluding hydrogens is 458 g/mol. The third-order valence-electron chi connectivity index (χ3n) is 7.48. The molecule has 0 saturated carbocycles. The summed E-state index contributed by atoms with van der Waals surface area (Å²) in [5, 5.41) is 3.59. The maximum atomic E-state index is 14.2. The number of Topliss-reactive ketones (excluding diaryl/α,β-unsaturated/α-hetero) is 1. The van der Waals surface area contributed by atoms with Crippen molar-refractivity contribution in [3.05, 3.63) is 101 Å². The molecule has 5 heteroatoms. The number of rotatable bonds is 5. The summed E-state index contributed by atoms with van der Waals surface area (Å²) in [7, 11) is 0. The van der Waals surface area contributed by atoms with E-state index in [1.165, 1.54) is 0 Å². The van der Waals surface area contributed by atoms with E-state index in [-0.39, 0.29) is 17.1 Å². The fraction of sp³-hybridized carbons (Fsp3) is 0.312. The van der Waals surface area contributed by atoms with Crippen LogP contribution in [0.3, 0.4) is 0 Å². The van der Waals surface area contributed by atoms with Crippen LogP contribution in [0, 0.1) is 5.41 Å². The Morgan fingerprint density at radius 1 is 0.919 bits per heavy atom. The van der Waals surface area contributed by atoms with Gasteiger partial charge in [-0.25, -0.2) is 0 Å². The first kappa shape index (κ1) is 24.8. The van der Waals surface area contributed by atoms with Crippen molar-refractivity contribution < 1.29 is 9.59 Å². The first-order chi connectivity index (χ1) is 17.8. The summed E-state index contributed by atoms with van der Waals surface area (Å²) in [6, 6.07) is 25.0. The van der Waals surface area contributed by atoms with Crippen LogP contribution in [-0.4, -0.2) is 24.8 Å². The quantitative estimate of drug-likeness (QED) is 0.416. The highest BCUT2D eigenvalue weighted by atomic mass is 16.2. The summed E-state index contributed by atoms with van der Waals surface area (Å²) in [5.74, 6) is -0.0331. The number of benzene rings is 3. The first-order valence-electron chi connectivity index (χ1n) is 13.2. The molecule has 5 nitrogen and oxygen atoms in total. The zero-order chi connectivity index (χ0) is 26.2. The fourth-order valence-corrected chi connectivity index (χ4v) is 5.70. The monoisotopic (exact) mass is 493 g/mol. The Morgan fingerprint density at radius 2 is 1.57 bits per heavy atom. The standard InChI is InChI=1S/C32H35N3O2/c1-5-34(6-2)24-18-16-22(17-19-24)30-29-26(20-32(3,4)21-28(29)36)33-25-14-10-11-15-27(25)35(30)31(37)23-12-8-7-9-13-23/h7-19,30,33H,5-6,20-21H2,1-4H3/t30-/m0/s1. The summed E-state index contributed by atoms with van der Waals surface area (Å²) >= 11 is 0. The van der Waals surface area contributed by atoms with E-state index in [2.05, 4.69) is 62.2 Å². The highest BCUT2D eigenvalue weighted by Gasteiger charge is 2.43. The van der Waals surface area contributed by atoms with E-state index < -0.39 is 6.04 Å². The number of carbonyl (C=O) groups is 2. The minimum absolute atomic E-state index is 0.0928. The van der Waals surface area contributed by atoms with Crippen LogP contribution in [0.15, 0.2) is 90.1 Å². The second-order valence-corrected chi connectivity index (χ2v) is 10.7. The molecule has 0 saturated heterocycles. The van der Waals surface area contributed by atoms with Gasteiger partial charge in [0.15, 0.2) is 5.78 Å². The average molecular weight is 494 g/mol. The Balaban J connectivity index is 1.74. The van der Waals surface area contributed by atoms with E-state index in [4.69, 9.17) is 0 Å². The second-order valence-electron chi connectivity index (χ2n) is 10.7. The molecule has 0 aromatic heterocycles. The molecule has 1 amide bonds. The van der Waals surface area contributed by atoms with E-state index in [1.807, 2.05) is 59.5 Å². The SMILES string of the molecule is CCN(CC)c1ccc([C@H]2C3=C(CC(C)(C)CC3=O)Nc3ccccc3N2C(=O)c2ccccc2)cc1. The van der Waals surface area contributed by atoms with Crippen LogP contribution in [0.4, 0.5) is 17.1 Å². The van der Waals surface area contributed by atoms with Gasteiger partial charge in [0.25, 0.3) is 5.91 Å². The number of para-hydroxylation sites is 2. The molecule has 3 aromatic carbocycles. The molecule has 1 aliphatic heterocycles. The van der Waals surface area contributed by atoms with Crippen molar-refractivity contribution in [2.75, 3.05) is 28.2 Å². The Bertz CT molecular complexity index is 1340. The van der Waals surface area contributed by atoms with Crippen LogP contribution >= 0.6 is 0 Å². The number of amides is 1. The Morgan fingerprint density at radius 3 is 2.24 bits per heavy atom. The lowest BCUT2D eigenvalue weighted by molar-refractivity contribution is -0.118. The minimum atomic E-state index is -0.534. The minimum Gasteiger partial charge on any atom is -0.372 e. The van der Waals surface area contributed by atoms with Crippen LogP contribution in [0.25, 0.3) is 0 Å². The number of hydrogen-bond donors (Lipinski definition) is 1. The molecular formula is C32H35N3O2. The summed E-state index contributed by atoms with van der Waals surface area (Å²) in [5.41, 5.74) is 5.71. The number of anilines is 3. The van der Waals surface area contributed by atoms with Gasteiger partial charge in [0.2, 0.25) is 0 Å². The third-order valence-corrected chi connectivity index (χ3v) is 7.48. The van der Waals surface area contributed by atoms with Gasteiger partial charge in [0.1, 0.15) is 0 Å². The van der Waals surface area contributed by atoms with Gasteiger partial charge in [-0.2, -0.15) is 0 Å². The van der Waals surface area contributed by atoms with Crippen molar-refractivity contribution in [3.63, 3.8) is 0 Å². The zero-order valence-electron chi connectivity index (χ0n) is 22.1. The van der Waals surface area contributed by atoms with Gasteiger partial charge in [-0.15, -0.1) is 0 Å². The number of allylic oxidation sites excluding steroid dienone is 1. The smallest absolute Gasteiger partial charge is 0.259 e. The van der Waals surface area contributed by atoms with E-state index in [0.717, 1.165) is 47.8 Å². The van der Waals surface area contributed by atoms with Gasteiger partial charge in [-0.3, -0.25) is 14.5 Å². The molecule has 5 rings (SSSR count). The summed E-state index contributed by atoms with van der Waals surface area (Å²) in [6.45, 7) is 10.4. The van der Waals surface area contributed by atoms with Gasteiger partial charge in [-0.05, 0) is 67.6 Å². The maximum Gasteiger partial charge on any atom is 0.259 e. The Hall–Kier alpha value is -3.86. The van der Waals surface area contributed by atoms with Gasteiger partial charge in [0.05, 0.1) is 17.4 Å². The molecule has 37 heavy (non-hydrogen) atoms. The molecule has 1 atom stereocenters. The third kappa shape index (κ3) is 4.66. The summed E-state index contributed by atoms with van der Waals surface area (Å²) in [4.78, 5) is 32.2. The molecule has 0 fully saturated rings. The number of ketones is 1. The normalized spacial score (nSPS) is 18.4. The molecule has 0 spiro atoms. The topological polar surface area (TPSA) is 52.7 Å². The van der Waals surface area contributed by atoms with E-state index >= 15 is 0 Å². The predicted octanol–water partition coefficient (Wildman–Crippen LogP) is 6.99. The van der Waals surface area contributed by atoms with Gasteiger partial charge in [-0.1, -0.05) is 56.3 Å². The van der Waals surface area contributed by atoms with Crippen molar-refractivity contribution in [1.82, 2.24) is 0 Å². The zero-order valence-corrected chi connectivity index (χ0v) is 22.1. The van der Waals surface area contributed by atoms with Gasteiger partial charge in [0, 0.05) is 42.0 Å². The van der Waals surface area contributed by atoms with Crippen molar-refractivity contribution in [2.45, 2.75) is 46.6 Å². The number of hydrogen-bond acceptors (Lipinski definition) is 4. The molecule has 1 aliphatic carbocycles. The summed E-state index contributed by atoms with van der Waals surface area (Å²) < 4.78 is 0. The first-order valence-corrected chi connectivity index (χ1v) is 13.2. The largest absolute Gasteiger partial charge is 0.372 e. The van der Waals surface area contributed by atoms with Crippen LogP contribution in [0.5, 0.6) is 0 Å². The molecule has 0 radical (unpaired) electrons. The lowest BCUT2D eigenvalue weighted by Gasteiger charge is -2.37. The maximum absolute atomic E-state index is 14.2. The van der Waals surface area contributed by atoms with E-state index in [0.29, 0.717) is 17.6 Å². The second kappa shape index (κ2) is 9.89. The highest BCUT2D eigenvalue weighted by molar-refractivity contribution is 6.12. The van der Waals surface area contributed by atoms with Crippen LogP contribution in [0.1, 0.15) is 62.5 Å². The predicted molar refractivity (Wildman–Crippen MR) is 151 cm³/mol. The fourth-order valence-electron chi connectivity index (χ4n) is 5.70.